The number of likely N-dealkylation sites (tertiary alicyclic amines) is 1. The molecule has 0 saturated carbocycles. The molecular weight excluding hydrogens is 280 g/mol. The minimum Gasteiger partial charge on any atom is -0.361 e. The van der Waals surface area contributed by atoms with E-state index in [1.165, 1.54) is 0 Å². The van der Waals surface area contributed by atoms with Crippen molar-refractivity contribution in [2.75, 3.05) is 13.1 Å². The second-order valence-corrected chi connectivity index (χ2v) is 5.85. The van der Waals surface area contributed by atoms with Gasteiger partial charge in [-0.1, -0.05) is 12.1 Å². The van der Waals surface area contributed by atoms with Crippen LogP contribution in [0.4, 0.5) is 0 Å². The van der Waals surface area contributed by atoms with Gasteiger partial charge in [0, 0.05) is 31.9 Å². The molecule has 1 fully saturated rings. The molecule has 0 spiro atoms. The number of amides is 1. The van der Waals surface area contributed by atoms with Crippen LogP contribution >= 0.6 is 0 Å². The first-order valence-corrected chi connectivity index (χ1v) is 7.85. The van der Waals surface area contributed by atoms with Gasteiger partial charge in [-0.3, -0.25) is 4.79 Å². The Morgan fingerprint density at radius 1 is 1.45 bits per heavy atom. The molecule has 1 unspecified atom stereocenters. The SMILES string of the molecule is CCc1nccn1C1CCCN(C(=O)c2c(C)noc2C)C1. The maximum atomic E-state index is 12.8. The maximum Gasteiger partial charge on any atom is 0.259 e. The molecule has 22 heavy (non-hydrogen) atoms. The van der Waals surface area contributed by atoms with Gasteiger partial charge in [0.25, 0.3) is 5.91 Å². The van der Waals surface area contributed by atoms with E-state index in [9.17, 15) is 4.79 Å². The molecule has 1 atom stereocenters. The molecule has 6 heteroatoms. The van der Waals surface area contributed by atoms with Gasteiger partial charge in [-0.2, -0.15) is 0 Å². The van der Waals surface area contributed by atoms with Crippen molar-refractivity contribution in [3.8, 4) is 0 Å². The van der Waals surface area contributed by atoms with E-state index in [2.05, 4.69) is 21.6 Å². The number of carbonyl (C=O) groups is 1. The Hall–Kier alpha value is -2.11. The second-order valence-electron chi connectivity index (χ2n) is 5.85. The molecule has 3 rings (SSSR count). The highest BCUT2D eigenvalue weighted by Gasteiger charge is 2.29. The minimum absolute atomic E-state index is 0.0270. The summed E-state index contributed by atoms with van der Waals surface area (Å²) in [6.45, 7) is 7.21. The first-order chi connectivity index (χ1) is 10.6. The van der Waals surface area contributed by atoms with Crippen LogP contribution in [0.2, 0.25) is 0 Å². The molecule has 1 aliphatic heterocycles. The van der Waals surface area contributed by atoms with Gasteiger partial charge in [-0.05, 0) is 26.7 Å². The van der Waals surface area contributed by atoms with Gasteiger partial charge in [-0.15, -0.1) is 0 Å². The lowest BCUT2D eigenvalue weighted by atomic mass is 10.0. The first-order valence-electron chi connectivity index (χ1n) is 7.85. The summed E-state index contributed by atoms with van der Waals surface area (Å²) in [6.07, 6.45) is 6.85. The van der Waals surface area contributed by atoms with E-state index < -0.39 is 0 Å². The third kappa shape index (κ3) is 2.53. The highest BCUT2D eigenvalue weighted by molar-refractivity contribution is 5.96. The molecule has 1 saturated heterocycles. The fraction of sp³-hybridized carbons (Fsp3) is 0.562. The third-order valence-corrected chi connectivity index (χ3v) is 4.39. The van der Waals surface area contributed by atoms with E-state index in [-0.39, 0.29) is 5.91 Å². The van der Waals surface area contributed by atoms with Crippen LogP contribution in [-0.2, 0) is 6.42 Å². The summed E-state index contributed by atoms with van der Waals surface area (Å²) in [4.78, 5) is 19.1. The van der Waals surface area contributed by atoms with Crippen molar-refractivity contribution >= 4 is 5.91 Å². The van der Waals surface area contributed by atoms with Gasteiger partial charge in [0.15, 0.2) is 0 Å². The average molecular weight is 302 g/mol. The summed E-state index contributed by atoms with van der Waals surface area (Å²) >= 11 is 0. The lowest BCUT2D eigenvalue weighted by Crippen LogP contribution is -2.41. The zero-order chi connectivity index (χ0) is 15.7. The monoisotopic (exact) mass is 302 g/mol. The summed E-state index contributed by atoms with van der Waals surface area (Å²) in [6, 6.07) is 0.302. The number of aryl methyl sites for hydroxylation is 3. The van der Waals surface area contributed by atoms with Crippen LogP contribution in [0.25, 0.3) is 0 Å². The average Bonchev–Trinajstić information content (AvgIpc) is 3.13. The molecule has 0 aromatic carbocycles. The van der Waals surface area contributed by atoms with Crippen LogP contribution in [0.5, 0.6) is 0 Å². The number of hydrogen-bond acceptors (Lipinski definition) is 4. The molecule has 1 amide bonds. The number of hydrogen-bond donors (Lipinski definition) is 0. The quantitative estimate of drug-likeness (QED) is 0.874. The van der Waals surface area contributed by atoms with E-state index in [0.29, 0.717) is 29.6 Å². The van der Waals surface area contributed by atoms with E-state index >= 15 is 0 Å². The smallest absolute Gasteiger partial charge is 0.259 e. The van der Waals surface area contributed by atoms with Crippen LogP contribution in [0.1, 0.15) is 53.4 Å². The third-order valence-electron chi connectivity index (χ3n) is 4.39. The van der Waals surface area contributed by atoms with Crippen LogP contribution in [0, 0.1) is 13.8 Å². The molecule has 2 aromatic heterocycles. The Balaban J connectivity index is 1.80. The summed E-state index contributed by atoms with van der Waals surface area (Å²) < 4.78 is 7.35. The Labute approximate surface area is 130 Å². The Morgan fingerprint density at radius 3 is 2.95 bits per heavy atom. The van der Waals surface area contributed by atoms with Crippen molar-refractivity contribution in [1.82, 2.24) is 19.6 Å². The molecule has 3 heterocycles. The minimum atomic E-state index is 0.0270. The Morgan fingerprint density at radius 2 is 2.27 bits per heavy atom. The van der Waals surface area contributed by atoms with Gasteiger partial charge in [0.1, 0.15) is 17.1 Å². The van der Waals surface area contributed by atoms with Crippen LogP contribution < -0.4 is 0 Å². The summed E-state index contributed by atoms with van der Waals surface area (Å²) in [5.41, 5.74) is 1.28. The normalized spacial score (nSPS) is 18.7. The molecule has 0 N–H and O–H groups in total. The van der Waals surface area contributed by atoms with Crippen molar-refractivity contribution in [1.29, 1.82) is 0 Å². The van der Waals surface area contributed by atoms with E-state index in [1.807, 2.05) is 24.2 Å². The van der Waals surface area contributed by atoms with Crippen molar-refractivity contribution < 1.29 is 9.32 Å². The lowest BCUT2D eigenvalue weighted by Gasteiger charge is -2.34. The largest absolute Gasteiger partial charge is 0.361 e. The molecule has 2 aromatic rings. The predicted octanol–water partition coefficient (Wildman–Crippen LogP) is 2.53. The van der Waals surface area contributed by atoms with Crippen molar-refractivity contribution in [3.05, 3.63) is 35.2 Å². The molecule has 6 nitrogen and oxygen atoms in total. The second kappa shape index (κ2) is 5.94. The predicted molar refractivity (Wildman–Crippen MR) is 81.8 cm³/mol. The number of nitrogens with zero attached hydrogens (tertiary/aromatic N) is 4. The zero-order valence-electron chi connectivity index (χ0n) is 13.4. The lowest BCUT2D eigenvalue weighted by molar-refractivity contribution is 0.0675. The maximum absolute atomic E-state index is 12.8. The van der Waals surface area contributed by atoms with Crippen LogP contribution in [0.15, 0.2) is 16.9 Å². The van der Waals surface area contributed by atoms with Crippen LogP contribution in [-0.4, -0.2) is 38.6 Å². The summed E-state index contributed by atoms with van der Waals surface area (Å²) in [7, 11) is 0. The Kier molecular flexibility index (Phi) is 4.00. The van der Waals surface area contributed by atoms with Gasteiger partial charge in [-0.25, -0.2) is 4.98 Å². The molecule has 0 bridgehead atoms. The zero-order valence-corrected chi connectivity index (χ0v) is 13.4. The van der Waals surface area contributed by atoms with E-state index in [0.717, 1.165) is 31.6 Å². The van der Waals surface area contributed by atoms with Crippen molar-refractivity contribution in [3.63, 3.8) is 0 Å². The first kappa shape index (κ1) is 14.8. The van der Waals surface area contributed by atoms with Gasteiger partial charge >= 0.3 is 0 Å². The van der Waals surface area contributed by atoms with Crippen LogP contribution in [0.3, 0.4) is 0 Å². The topological polar surface area (TPSA) is 64.2 Å². The number of aromatic nitrogens is 3. The van der Waals surface area contributed by atoms with Gasteiger partial charge < -0.3 is 14.0 Å². The number of piperidine rings is 1. The van der Waals surface area contributed by atoms with Gasteiger partial charge in [0.2, 0.25) is 0 Å². The number of carbonyl (C=O) groups excluding carboxylic acids is 1. The highest BCUT2D eigenvalue weighted by atomic mass is 16.5. The fourth-order valence-corrected chi connectivity index (χ4v) is 3.26. The molecule has 0 aliphatic carbocycles. The number of imidazole rings is 1. The molecule has 0 radical (unpaired) electrons. The van der Waals surface area contributed by atoms with Gasteiger partial charge in [0.05, 0.1) is 11.7 Å². The summed E-state index contributed by atoms with van der Waals surface area (Å²) in [5.74, 6) is 1.71. The van der Waals surface area contributed by atoms with E-state index in [4.69, 9.17) is 4.52 Å². The number of rotatable bonds is 3. The standard InChI is InChI=1S/C16H22N4O2/c1-4-14-17-7-9-20(14)13-6-5-8-19(10-13)16(21)15-11(2)18-22-12(15)3/h7,9,13H,4-6,8,10H2,1-3H3. The molecule has 118 valence electrons. The Bertz CT molecular complexity index is 654. The van der Waals surface area contributed by atoms with Crippen molar-refractivity contribution in [2.45, 2.75) is 46.1 Å². The fourth-order valence-electron chi connectivity index (χ4n) is 3.26. The molecule has 1 aliphatic rings. The highest BCUT2D eigenvalue weighted by Crippen LogP contribution is 2.25. The van der Waals surface area contributed by atoms with Crippen molar-refractivity contribution in [2.24, 2.45) is 0 Å². The molecular formula is C16H22N4O2. The van der Waals surface area contributed by atoms with E-state index in [1.54, 1.807) is 6.92 Å². The summed E-state index contributed by atoms with van der Waals surface area (Å²) in [5, 5.41) is 3.89.